The molecule has 2 aromatic carbocycles. The molecule has 0 aliphatic carbocycles. The Hall–Kier alpha value is -4.69. The fourth-order valence-electron chi connectivity index (χ4n) is 5.17. The second-order valence-electron chi connectivity index (χ2n) is 11.2. The predicted octanol–water partition coefficient (Wildman–Crippen LogP) is 9.90. The predicted molar refractivity (Wildman–Crippen MR) is 166 cm³/mol. The summed E-state index contributed by atoms with van der Waals surface area (Å²) in [6.07, 6.45) is -6.01. The summed E-state index contributed by atoms with van der Waals surface area (Å²) in [6.45, 7) is 3.66. The van der Waals surface area contributed by atoms with Crippen molar-refractivity contribution in [2.45, 2.75) is 31.6 Å². The fraction of sp³-hybridized carbons (Fsp3) is 0.135. The number of benzene rings is 2. The number of hydrogen-bond donors (Lipinski definition) is 0. The number of aromatic nitrogens is 4. The van der Waals surface area contributed by atoms with Gasteiger partial charge in [-0.25, -0.2) is 0 Å². The van der Waals surface area contributed by atoms with Gasteiger partial charge in [-0.2, -0.15) is 26.3 Å². The van der Waals surface area contributed by atoms with Crippen LogP contribution in [0.3, 0.4) is 0 Å². The van der Waals surface area contributed by atoms with Crippen LogP contribution in [0, 0.1) is 12.1 Å². The van der Waals surface area contributed by atoms with Gasteiger partial charge in [-0.1, -0.05) is 24.3 Å². The van der Waals surface area contributed by atoms with E-state index in [0.717, 1.165) is 24.3 Å². The van der Waals surface area contributed by atoms with E-state index in [1.165, 1.54) is 12.1 Å². The van der Waals surface area contributed by atoms with E-state index < -0.39 is 28.9 Å². The third-order valence-corrected chi connectivity index (χ3v) is 7.72. The third kappa shape index (κ3) is 7.09. The van der Waals surface area contributed by atoms with Gasteiger partial charge in [-0.15, -0.1) is 59.7 Å². The summed E-state index contributed by atoms with van der Waals surface area (Å²) in [4.78, 5) is 18.5. The molecule has 0 aliphatic rings. The molecule has 4 aromatic heterocycles. The van der Waals surface area contributed by atoms with E-state index in [1.807, 2.05) is 13.8 Å². The Morgan fingerprint density at radius 2 is 0.958 bits per heavy atom. The number of hydrogen-bond acceptors (Lipinski definition) is 4. The van der Waals surface area contributed by atoms with Crippen molar-refractivity contribution in [3.05, 3.63) is 144 Å². The van der Waals surface area contributed by atoms with Crippen molar-refractivity contribution >= 4 is 0 Å². The first kappa shape index (κ1) is 34.6. The summed E-state index contributed by atoms with van der Waals surface area (Å²) in [5.74, 6) is 0. The van der Waals surface area contributed by atoms with Crippen LogP contribution < -0.4 is 0 Å². The van der Waals surface area contributed by atoms with Crippen molar-refractivity contribution in [2.75, 3.05) is 0 Å². The number of alkyl halides is 6. The topological polar surface area (TPSA) is 51.6 Å². The first-order chi connectivity index (χ1) is 22.3. The van der Waals surface area contributed by atoms with Gasteiger partial charge < -0.3 is 0 Å². The van der Waals surface area contributed by atoms with E-state index in [1.54, 1.807) is 73.1 Å². The quantitative estimate of drug-likeness (QED) is 0.124. The Morgan fingerprint density at radius 3 is 1.31 bits per heavy atom. The van der Waals surface area contributed by atoms with Gasteiger partial charge in [0.1, 0.15) is 0 Å². The molecule has 6 aromatic rings. The molecule has 4 nitrogen and oxygen atoms in total. The average Bonchev–Trinajstić information content (AvgIpc) is 3.08. The minimum atomic E-state index is -4.58. The van der Waals surface area contributed by atoms with Gasteiger partial charge in [0, 0.05) is 29.2 Å². The third-order valence-electron chi connectivity index (χ3n) is 7.72. The molecule has 48 heavy (non-hydrogen) atoms. The van der Waals surface area contributed by atoms with E-state index in [-0.39, 0.29) is 43.6 Å². The molecule has 0 saturated carbocycles. The maximum absolute atomic E-state index is 13.7. The molecular weight excluding hydrogens is 810 g/mol. The van der Waals surface area contributed by atoms with Crippen molar-refractivity contribution in [2.24, 2.45) is 0 Å². The Morgan fingerprint density at radius 1 is 0.542 bits per heavy atom. The first-order valence-corrected chi connectivity index (χ1v) is 14.4. The van der Waals surface area contributed by atoms with Crippen molar-refractivity contribution in [3.63, 3.8) is 0 Å². The molecule has 4 heterocycles. The Labute approximate surface area is 287 Å². The number of pyridine rings is 4. The van der Waals surface area contributed by atoms with Gasteiger partial charge in [0.2, 0.25) is 0 Å². The minimum Gasteiger partial charge on any atom is -0.300 e. The molecule has 0 unspecified atom stereocenters. The molecule has 0 spiro atoms. The van der Waals surface area contributed by atoms with Crippen LogP contribution in [0.5, 0.6) is 0 Å². The number of halogens is 6. The van der Waals surface area contributed by atoms with Crippen molar-refractivity contribution < 1.29 is 47.4 Å². The molecule has 0 bridgehead atoms. The van der Waals surface area contributed by atoms with Crippen LogP contribution in [0.15, 0.2) is 109 Å². The summed E-state index contributed by atoms with van der Waals surface area (Å²) < 4.78 is 82.2. The summed E-state index contributed by atoms with van der Waals surface area (Å²) in [5, 5.41) is 0. The zero-order valence-electron chi connectivity index (χ0n) is 25.3. The summed E-state index contributed by atoms with van der Waals surface area (Å²) >= 11 is 0. The molecule has 0 radical (unpaired) electrons. The SMILES string of the molecule is CC(C)(c1ccc(-c2ccccn2)c(-c2[c-]ccc(C(F)(F)F)c2)n1)c1ccc(-c2ccccn2)c(-c2[c-]ccc(C(F)(F)F)c2)n1.[Pt+2]. The summed E-state index contributed by atoms with van der Waals surface area (Å²) in [5.41, 5.74) is 0.952. The maximum Gasteiger partial charge on any atom is 2.00 e. The molecule has 0 N–H and O–H groups in total. The molecule has 0 aliphatic heterocycles. The Bertz CT molecular complexity index is 1900. The molecule has 244 valence electrons. The molecule has 11 heteroatoms. The van der Waals surface area contributed by atoms with E-state index in [0.29, 0.717) is 33.9 Å². The van der Waals surface area contributed by atoms with Gasteiger partial charge in [0.15, 0.2) is 0 Å². The van der Waals surface area contributed by atoms with Gasteiger partial charge in [-0.3, -0.25) is 19.9 Å². The molecule has 6 rings (SSSR count). The van der Waals surface area contributed by atoms with Gasteiger partial charge >= 0.3 is 33.4 Å². The van der Waals surface area contributed by atoms with Crippen molar-refractivity contribution in [1.29, 1.82) is 0 Å². The van der Waals surface area contributed by atoms with Crippen LogP contribution in [-0.4, -0.2) is 19.9 Å². The van der Waals surface area contributed by atoms with E-state index in [9.17, 15) is 26.3 Å². The van der Waals surface area contributed by atoms with Gasteiger partial charge in [-0.05, 0) is 83.9 Å². The Balaban J connectivity index is 0.00000451. The maximum atomic E-state index is 13.7. The van der Waals surface area contributed by atoms with Crippen LogP contribution in [0.2, 0.25) is 0 Å². The number of rotatable bonds is 6. The van der Waals surface area contributed by atoms with E-state index in [2.05, 4.69) is 22.1 Å². The van der Waals surface area contributed by atoms with Crippen LogP contribution in [0.25, 0.3) is 45.0 Å². The number of nitrogens with zero attached hydrogens (tertiary/aromatic N) is 4. The van der Waals surface area contributed by atoms with Crippen LogP contribution in [0.4, 0.5) is 26.3 Å². The summed E-state index contributed by atoms with van der Waals surface area (Å²) in [7, 11) is 0. The smallest absolute Gasteiger partial charge is 0.300 e. The largest absolute Gasteiger partial charge is 2.00 e. The minimum absolute atomic E-state index is 0. The van der Waals surface area contributed by atoms with Crippen molar-refractivity contribution in [1.82, 2.24) is 19.9 Å². The zero-order chi connectivity index (χ0) is 33.4. The van der Waals surface area contributed by atoms with Crippen LogP contribution >= 0.6 is 0 Å². The second kappa shape index (κ2) is 13.4. The average molecular weight is 834 g/mol. The molecule has 0 fully saturated rings. The monoisotopic (exact) mass is 833 g/mol. The molecule has 0 saturated heterocycles. The zero-order valence-corrected chi connectivity index (χ0v) is 27.5. The molecular formula is C37H24F6N4Pt. The standard InChI is InChI=1S/C37H24F6N4.Pt/c1-35(2,31-17-15-27(29-13-3-5-19-44-29)33(46-31)23-9-7-11-25(21-23)36(38,39)40)32-18-16-28(30-14-4-6-20-45-30)34(47-32)24-10-8-12-26(22-24)37(41,42)43;/h3-8,11-22H,1-2H3;/q-2;+2. The van der Waals surface area contributed by atoms with Crippen molar-refractivity contribution in [3.8, 4) is 45.0 Å². The second-order valence-corrected chi connectivity index (χ2v) is 11.2. The van der Waals surface area contributed by atoms with E-state index in [4.69, 9.17) is 9.97 Å². The van der Waals surface area contributed by atoms with Crippen LogP contribution in [-0.2, 0) is 38.8 Å². The molecule has 0 atom stereocenters. The first-order valence-electron chi connectivity index (χ1n) is 14.4. The molecule has 0 amide bonds. The van der Waals surface area contributed by atoms with Gasteiger partial charge in [0.05, 0.1) is 11.4 Å². The fourth-order valence-corrected chi connectivity index (χ4v) is 5.17. The normalized spacial score (nSPS) is 12.0. The van der Waals surface area contributed by atoms with E-state index >= 15 is 0 Å². The van der Waals surface area contributed by atoms with Crippen LogP contribution in [0.1, 0.15) is 36.4 Å². The summed E-state index contributed by atoms with van der Waals surface area (Å²) in [6, 6.07) is 29.5. The Kier molecular flexibility index (Phi) is 9.69. The van der Waals surface area contributed by atoms with Gasteiger partial charge in [0.25, 0.3) is 0 Å².